The average molecular weight is 399 g/mol. The zero-order valence-electron chi connectivity index (χ0n) is 16.6. The molecule has 1 amide bonds. The molecule has 8 heteroatoms. The Hall–Kier alpha value is -2.97. The lowest BCUT2D eigenvalue weighted by Gasteiger charge is -2.28. The molecule has 2 aliphatic rings. The van der Waals surface area contributed by atoms with Gasteiger partial charge in [-0.05, 0) is 36.8 Å². The number of fused-ring (bicyclic) bond motifs is 1. The number of para-hydroxylation sites is 2. The van der Waals surface area contributed by atoms with Gasteiger partial charge in [0.1, 0.15) is 12.8 Å². The number of methoxy groups -OCH3 is 2. The Bertz CT molecular complexity index is 890. The minimum atomic E-state index is -0.714. The molecule has 0 radical (unpaired) electrons. The summed E-state index contributed by atoms with van der Waals surface area (Å²) < 4.78 is 22.2. The number of amides is 1. The maximum absolute atomic E-state index is 12.8. The number of hydrazine groups is 1. The van der Waals surface area contributed by atoms with Gasteiger partial charge in [0.15, 0.2) is 23.0 Å². The number of rotatable bonds is 5. The molecular formula is C21H25N3O5. The number of carbonyl (C=O) groups excluding carboxylic acids is 1. The summed E-state index contributed by atoms with van der Waals surface area (Å²) in [6.07, 6.45) is -1.04. The van der Waals surface area contributed by atoms with Crippen LogP contribution >= 0.6 is 0 Å². The fourth-order valence-electron chi connectivity index (χ4n) is 3.75. The van der Waals surface area contributed by atoms with Crippen LogP contribution in [0.5, 0.6) is 23.0 Å². The van der Waals surface area contributed by atoms with Crippen LogP contribution < -0.4 is 35.1 Å². The fourth-order valence-corrected chi connectivity index (χ4v) is 3.75. The van der Waals surface area contributed by atoms with Gasteiger partial charge in [-0.2, -0.15) is 0 Å². The normalized spacial score (nSPS) is 25.3. The molecule has 3 N–H and O–H groups in total. The van der Waals surface area contributed by atoms with Gasteiger partial charge in [0.05, 0.1) is 14.2 Å². The number of hydrogen-bond acceptors (Lipinski definition) is 7. The van der Waals surface area contributed by atoms with Crippen molar-refractivity contribution < 1.29 is 23.7 Å². The van der Waals surface area contributed by atoms with Crippen LogP contribution in [-0.4, -0.2) is 45.0 Å². The van der Waals surface area contributed by atoms with Crippen molar-refractivity contribution in [2.45, 2.75) is 31.2 Å². The van der Waals surface area contributed by atoms with Crippen molar-refractivity contribution in [3.63, 3.8) is 0 Å². The molecule has 2 heterocycles. The quantitative estimate of drug-likeness (QED) is 0.703. The van der Waals surface area contributed by atoms with Crippen molar-refractivity contribution in [1.29, 1.82) is 0 Å². The van der Waals surface area contributed by atoms with E-state index in [1.54, 1.807) is 20.3 Å². The van der Waals surface area contributed by atoms with E-state index in [1.807, 2.05) is 36.4 Å². The van der Waals surface area contributed by atoms with Crippen LogP contribution in [0.2, 0.25) is 0 Å². The van der Waals surface area contributed by atoms with Gasteiger partial charge in [0.25, 0.3) is 5.91 Å². The monoisotopic (exact) mass is 399 g/mol. The molecule has 0 saturated carbocycles. The SMILES string of the molecule is COc1ccc(C2C(C)NNC2NC(=O)C2COc3ccccc3O2)cc1OC. The van der Waals surface area contributed by atoms with Gasteiger partial charge in [0, 0.05) is 12.0 Å². The Morgan fingerprint density at radius 2 is 1.83 bits per heavy atom. The van der Waals surface area contributed by atoms with E-state index >= 15 is 0 Å². The Balaban J connectivity index is 1.49. The minimum absolute atomic E-state index is 0.0180. The van der Waals surface area contributed by atoms with Gasteiger partial charge < -0.3 is 24.3 Å². The van der Waals surface area contributed by atoms with E-state index in [2.05, 4.69) is 23.1 Å². The van der Waals surface area contributed by atoms with E-state index in [9.17, 15) is 4.79 Å². The molecule has 2 aliphatic heterocycles. The Morgan fingerprint density at radius 1 is 1.07 bits per heavy atom. The molecule has 8 nitrogen and oxygen atoms in total. The molecule has 4 atom stereocenters. The largest absolute Gasteiger partial charge is 0.493 e. The van der Waals surface area contributed by atoms with E-state index < -0.39 is 6.10 Å². The number of hydrogen-bond donors (Lipinski definition) is 3. The maximum Gasteiger partial charge on any atom is 0.265 e. The highest BCUT2D eigenvalue weighted by atomic mass is 16.6. The highest BCUT2D eigenvalue weighted by Gasteiger charge is 2.38. The minimum Gasteiger partial charge on any atom is -0.493 e. The van der Waals surface area contributed by atoms with E-state index in [1.165, 1.54) is 0 Å². The summed E-state index contributed by atoms with van der Waals surface area (Å²) in [7, 11) is 3.21. The van der Waals surface area contributed by atoms with Gasteiger partial charge >= 0.3 is 0 Å². The van der Waals surface area contributed by atoms with Crippen LogP contribution in [0, 0.1) is 0 Å². The third kappa shape index (κ3) is 3.81. The average Bonchev–Trinajstić information content (AvgIpc) is 3.12. The van der Waals surface area contributed by atoms with Gasteiger partial charge in [-0.3, -0.25) is 10.2 Å². The van der Waals surface area contributed by atoms with Crippen molar-refractivity contribution in [3.05, 3.63) is 48.0 Å². The molecule has 154 valence electrons. The fraction of sp³-hybridized carbons (Fsp3) is 0.381. The van der Waals surface area contributed by atoms with Crippen LogP contribution in [0.15, 0.2) is 42.5 Å². The van der Waals surface area contributed by atoms with Gasteiger partial charge in [-0.25, -0.2) is 5.43 Å². The molecule has 2 aromatic rings. The molecule has 0 aliphatic carbocycles. The van der Waals surface area contributed by atoms with Crippen molar-refractivity contribution >= 4 is 5.91 Å². The molecule has 29 heavy (non-hydrogen) atoms. The predicted octanol–water partition coefficient (Wildman–Crippen LogP) is 1.57. The third-order valence-electron chi connectivity index (χ3n) is 5.26. The van der Waals surface area contributed by atoms with Crippen LogP contribution in [0.4, 0.5) is 0 Å². The summed E-state index contributed by atoms with van der Waals surface area (Å²) in [5, 5.41) is 3.03. The van der Waals surface area contributed by atoms with Gasteiger partial charge in [-0.1, -0.05) is 18.2 Å². The summed E-state index contributed by atoms with van der Waals surface area (Å²) >= 11 is 0. The van der Waals surface area contributed by atoms with Gasteiger partial charge in [0.2, 0.25) is 6.10 Å². The first kappa shape index (κ1) is 19.4. The second-order valence-electron chi connectivity index (χ2n) is 7.07. The molecule has 0 aromatic heterocycles. The number of nitrogens with one attached hydrogen (secondary N) is 3. The number of benzene rings is 2. The van der Waals surface area contributed by atoms with Crippen LogP contribution in [0.3, 0.4) is 0 Å². The second kappa shape index (κ2) is 8.18. The molecule has 4 rings (SSSR count). The van der Waals surface area contributed by atoms with Crippen molar-refractivity contribution in [2.75, 3.05) is 20.8 Å². The van der Waals surface area contributed by atoms with Gasteiger partial charge in [-0.15, -0.1) is 0 Å². The first-order valence-electron chi connectivity index (χ1n) is 9.52. The predicted molar refractivity (Wildman–Crippen MR) is 106 cm³/mol. The summed E-state index contributed by atoms with van der Waals surface area (Å²) in [6.45, 7) is 2.22. The van der Waals surface area contributed by atoms with Crippen molar-refractivity contribution in [3.8, 4) is 23.0 Å². The highest BCUT2D eigenvalue weighted by Crippen LogP contribution is 2.34. The highest BCUT2D eigenvalue weighted by molar-refractivity contribution is 5.82. The molecule has 0 spiro atoms. The topological polar surface area (TPSA) is 90.1 Å². The molecule has 1 fully saturated rings. The standard InChI is InChI=1S/C21H25N3O5/c1-12-19(13-8-9-14(26-2)17(10-13)27-3)20(24-23-12)22-21(25)18-11-28-15-6-4-5-7-16(15)29-18/h4-10,12,18-20,23-24H,11H2,1-3H3,(H,22,25). The summed E-state index contributed by atoms with van der Waals surface area (Å²) in [5.74, 6) is 2.27. The Kier molecular flexibility index (Phi) is 5.46. The first-order chi connectivity index (χ1) is 14.1. The van der Waals surface area contributed by atoms with E-state index in [0.29, 0.717) is 23.0 Å². The smallest absolute Gasteiger partial charge is 0.265 e. The van der Waals surface area contributed by atoms with E-state index in [4.69, 9.17) is 18.9 Å². The second-order valence-corrected chi connectivity index (χ2v) is 7.07. The Labute approximate surface area is 169 Å². The van der Waals surface area contributed by atoms with Crippen LogP contribution in [-0.2, 0) is 4.79 Å². The first-order valence-corrected chi connectivity index (χ1v) is 9.52. The lowest BCUT2D eigenvalue weighted by atomic mass is 9.91. The van der Waals surface area contributed by atoms with Crippen molar-refractivity contribution in [2.24, 2.45) is 0 Å². The van der Waals surface area contributed by atoms with E-state index in [0.717, 1.165) is 5.56 Å². The Morgan fingerprint density at radius 3 is 2.59 bits per heavy atom. The summed E-state index contributed by atoms with van der Waals surface area (Å²) in [5.41, 5.74) is 7.38. The van der Waals surface area contributed by atoms with Crippen LogP contribution in [0.25, 0.3) is 0 Å². The molecular weight excluding hydrogens is 374 g/mol. The lowest BCUT2D eigenvalue weighted by Crippen LogP contribution is -2.52. The zero-order valence-corrected chi connectivity index (χ0v) is 16.6. The maximum atomic E-state index is 12.8. The van der Waals surface area contributed by atoms with E-state index in [-0.39, 0.29) is 30.6 Å². The number of ether oxygens (including phenoxy) is 4. The summed E-state index contributed by atoms with van der Waals surface area (Å²) in [6, 6.07) is 13.2. The van der Waals surface area contributed by atoms with Crippen LogP contribution in [0.1, 0.15) is 18.4 Å². The third-order valence-corrected chi connectivity index (χ3v) is 5.26. The lowest BCUT2D eigenvalue weighted by molar-refractivity contribution is -0.131. The number of carbonyl (C=O) groups is 1. The molecule has 2 aromatic carbocycles. The zero-order chi connectivity index (χ0) is 20.4. The molecule has 4 unspecified atom stereocenters. The molecule has 1 saturated heterocycles. The molecule has 0 bridgehead atoms. The van der Waals surface area contributed by atoms with Crippen molar-refractivity contribution in [1.82, 2.24) is 16.2 Å². The summed E-state index contributed by atoms with van der Waals surface area (Å²) in [4.78, 5) is 12.8.